The maximum atomic E-state index is 12.4. The van der Waals surface area contributed by atoms with Crippen LogP contribution < -0.4 is 5.32 Å². The highest BCUT2D eigenvalue weighted by atomic mass is 32.2. The fourth-order valence-electron chi connectivity index (χ4n) is 3.08. The number of piperazine rings is 1. The number of aryl methyl sites for hydroxylation is 1. The molecular formula is C18H25N5OS3. The number of para-hydroxylation sites is 1. The molecule has 1 aliphatic heterocycles. The quantitative estimate of drug-likeness (QED) is 0.545. The molecule has 27 heavy (non-hydrogen) atoms. The third kappa shape index (κ3) is 5.61. The first-order chi connectivity index (χ1) is 13.1. The van der Waals surface area contributed by atoms with E-state index >= 15 is 0 Å². The lowest BCUT2D eigenvalue weighted by Gasteiger charge is -2.34. The van der Waals surface area contributed by atoms with E-state index in [1.807, 2.05) is 29.1 Å². The first-order valence-corrected chi connectivity index (χ1v) is 11.5. The second-order valence-electron chi connectivity index (χ2n) is 6.43. The van der Waals surface area contributed by atoms with Crippen molar-refractivity contribution in [3.8, 4) is 0 Å². The van der Waals surface area contributed by atoms with Crippen LogP contribution in [0.2, 0.25) is 0 Å². The van der Waals surface area contributed by atoms with Crippen molar-refractivity contribution in [1.29, 1.82) is 0 Å². The van der Waals surface area contributed by atoms with Gasteiger partial charge >= 0.3 is 0 Å². The van der Waals surface area contributed by atoms with Crippen LogP contribution in [-0.4, -0.2) is 64.5 Å². The summed E-state index contributed by atoms with van der Waals surface area (Å²) >= 11 is 8.57. The largest absolute Gasteiger partial charge is 0.325 e. The highest BCUT2D eigenvalue weighted by molar-refractivity contribution is 8.00. The number of hydrogen-bond acceptors (Lipinski definition) is 7. The maximum absolute atomic E-state index is 12.4. The smallest absolute Gasteiger partial charge is 0.238 e. The first-order valence-electron chi connectivity index (χ1n) is 9.03. The molecule has 9 heteroatoms. The Bertz CT molecular complexity index is 826. The van der Waals surface area contributed by atoms with Crippen LogP contribution in [0.1, 0.15) is 12.5 Å². The number of amides is 1. The predicted octanol–water partition coefficient (Wildman–Crippen LogP) is 3.17. The molecule has 1 aromatic carbocycles. The number of rotatable bonds is 7. The van der Waals surface area contributed by atoms with Gasteiger partial charge in [-0.15, -0.1) is 0 Å². The Morgan fingerprint density at radius 3 is 2.63 bits per heavy atom. The Hall–Kier alpha value is -1.26. The summed E-state index contributed by atoms with van der Waals surface area (Å²) in [6.07, 6.45) is 2.92. The summed E-state index contributed by atoms with van der Waals surface area (Å²) in [6.45, 7) is 6.81. The van der Waals surface area contributed by atoms with Crippen molar-refractivity contribution in [2.45, 2.75) is 24.4 Å². The molecule has 1 fully saturated rings. The molecule has 1 N–H and O–H groups in total. The number of nitrogens with one attached hydrogen (secondary N) is 1. The molecule has 3 rings (SSSR count). The third-order valence-electron chi connectivity index (χ3n) is 4.60. The molecule has 0 aliphatic carbocycles. The van der Waals surface area contributed by atoms with Crippen molar-refractivity contribution in [3.63, 3.8) is 0 Å². The topological polar surface area (TPSA) is 53.4 Å². The molecule has 6 nitrogen and oxygen atoms in total. The van der Waals surface area contributed by atoms with E-state index in [0.717, 1.165) is 53.2 Å². The van der Waals surface area contributed by atoms with E-state index in [-0.39, 0.29) is 5.91 Å². The van der Waals surface area contributed by atoms with Crippen LogP contribution in [0, 0.1) is 3.95 Å². The van der Waals surface area contributed by atoms with Crippen molar-refractivity contribution in [3.05, 3.63) is 33.8 Å². The Morgan fingerprint density at radius 1 is 1.26 bits per heavy atom. The minimum absolute atomic E-state index is 0.0516. The fourth-order valence-corrected chi connectivity index (χ4v) is 4.82. The van der Waals surface area contributed by atoms with Gasteiger partial charge in [-0.25, -0.2) is 4.68 Å². The molecule has 0 radical (unpaired) electrons. The zero-order valence-corrected chi connectivity index (χ0v) is 18.1. The van der Waals surface area contributed by atoms with Gasteiger partial charge in [-0.2, -0.15) is 5.10 Å². The molecular weight excluding hydrogens is 398 g/mol. The number of thioether (sulfide) groups is 1. The normalized spacial score (nSPS) is 15.8. The van der Waals surface area contributed by atoms with Crippen LogP contribution in [0.4, 0.5) is 5.69 Å². The lowest BCUT2D eigenvalue weighted by molar-refractivity contribution is -0.117. The van der Waals surface area contributed by atoms with Crippen molar-refractivity contribution >= 4 is 46.9 Å². The average Bonchev–Trinajstić information content (AvgIpc) is 3.03. The third-order valence-corrected chi connectivity index (χ3v) is 6.88. The van der Waals surface area contributed by atoms with Gasteiger partial charge in [-0.05, 0) is 36.5 Å². The van der Waals surface area contributed by atoms with Crippen molar-refractivity contribution in [2.75, 3.05) is 44.3 Å². The molecule has 0 bridgehead atoms. The van der Waals surface area contributed by atoms with Crippen LogP contribution >= 0.6 is 35.3 Å². The number of hydrogen-bond donors (Lipinski definition) is 1. The highest BCUT2D eigenvalue weighted by Gasteiger charge is 2.20. The van der Waals surface area contributed by atoms with Gasteiger partial charge in [0.05, 0.1) is 13.2 Å². The molecule has 0 saturated carbocycles. The lowest BCUT2D eigenvalue weighted by Crippen LogP contribution is -2.49. The average molecular weight is 424 g/mol. The van der Waals surface area contributed by atoms with Crippen LogP contribution in [0.15, 0.2) is 28.6 Å². The molecule has 0 atom stereocenters. The van der Waals surface area contributed by atoms with Crippen LogP contribution in [0.3, 0.4) is 0 Å². The van der Waals surface area contributed by atoms with Gasteiger partial charge in [-0.3, -0.25) is 14.6 Å². The van der Waals surface area contributed by atoms with E-state index in [2.05, 4.69) is 33.2 Å². The fraction of sp³-hybridized carbons (Fsp3) is 0.500. The Morgan fingerprint density at radius 2 is 1.96 bits per heavy atom. The number of carbonyl (C=O) groups excluding carboxylic acids is 1. The number of nitrogens with zero attached hydrogens (tertiary/aromatic N) is 4. The van der Waals surface area contributed by atoms with E-state index < -0.39 is 0 Å². The standard InChI is InChI=1S/C18H25N5OS3/c1-3-14-6-4-5-7-15(14)19-16(24)12-21-8-10-22(11-9-21)13-23-18(25)27-17(20-23)26-2/h4-7H,3,8-13H2,1-2H3,(H,19,24). The van der Waals surface area contributed by atoms with Gasteiger partial charge in [0.15, 0.2) is 8.29 Å². The molecule has 1 saturated heterocycles. The van der Waals surface area contributed by atoms with Crippen LogP contribution in [-0.2, 0) is 17.9 Å². The minimum atomic E-state index is 0.0516. The number of benzene rings is 1. The molecule has 0 spiro atoms. The van der Waals surface area contributed by atoms with Crippen molar-refractivity contribution in [1.82, 2.24) is 19.6 Å². The van der Waals surface area contributed by atoms with Gasteiger partial charge in [0.2, 0.25) is 5.91 Å². The van der Waals surface area contributed by atoms with Gasteiger partial charge in [0, 0.05) is 31.9 Å². The number of anilines is 1. The molecule has 1 amide bonds. The summed E-state index contributed by atoms with van der Waals surface area (Å²) in [5.41, 5.74) is 2.09. The summed E-state index contributed by atoms with van der Waals surface area (Å²) in [4.78, 5) is 16.9. The highest BCUT2D eigenvalue weighted by Crippen LogP contribution is 2.19. The second kappa shape index (κ2) is 9.79. The predicted molar refractivity (Wildman–Crippen MR) is 115 cm³/mol. The summed E-state index contributed by atoms with van der Waals surface area (Å²) in [7, 11) is 0. The van der Waals surface area contributed by atoms with Crippen LogP contribution in [0.5, 0.6) is 0 Å². The maximum Gasteiger partial charge on any atom is 0.238 e. The van der Waals surface area contributed by atoms with Crippen molar-refractivity contribution < 1.29 is 4.79 Å². The SMILES string of the molecule is CCc1ccccc1NC(=O)CN1CCN(Cn2nc(SC)sc2=S)CC1. The summed E-state index contributed by atoms with van der Waals surface area (Å²) in [5.74, 6) is 0.0516. The van der Waals surface area contributed by atoms with E-state index in [1.54, 1.807) is 23.1 Å². The van der Waals surface area contributed by atoms with E-state index in [4.69, 9.17) is 12.2 Å². The molecule has 2 heterocycles. The Balaban J connectivity index is 1.47. The van der Waals surface area contributed by atoms with E-state index in [1.165, 1.54) is 5.56 Å². The zero-order chi connectivity index (χ0) is 19.2. The first kappa shape index (κ1) is 20.5. The monoisotopic (exact) mass is 423 g/mol. The molecule has 146 valence electrons. The molecule has 1 aliphatic rings. The second-order valence-corrected chi connectivity index (χ2v) is 9.11. The minimum Gasteiger partial charge on any atom is -0.325 e. The Kier molecular flexibility index (Phi) is 7.42. The Labute approximate surface area is 173 Å². The summed E-state index contributed by atoms with van der Waals surface area (Å²) < 4.78 is 3.72. The van der Waals surface area contributed by atoms with Crippen molar-refractivity contribution in [2.24, 2.45) is 0 Å². The van der Waals surface area contributed by atoms with E-state index in [9.17, 15) is 4.79 Å². The molecule has 0 unspecified atom stereocenters. The van der Waals surface area contributed by atoms with Gasteiger partial charge < -0.3 is 5.32 Å². The van der Waals surface area contributed by atoms with Crippen LogP contribution in [0.25, 0.3) is 0 Å². The zero-order valence-electron chi connectivity index (χ0n) is 15.7. The van der Waals surface area contributed by atoms with E-state index in [0.29, 0.717) is 6.54 Å². The van der Waals surface area contributed by atoms with Gasteiger partial charge in [0.25, 0.3) is 0 Å². The van der Waals surface area contributed by atoms with Gasteiger partial charge in [0.1, 0.15) is 0 Å². The number of aromatic nitrogens is 2. The van der Waals surface area contributed by atoms with Gasteiger partial charge in [-0.1, -0.05) is 48.2 Å². The lowest BCUT2D eigenvalue weighted by atomic mass is 10.1. The molecule has 2 aromatic rings. The molecule has 1 aromatic heterocycles. The summed E-state index contributed by atoms with van der Waals surface area (Å²) in [6, 6.07) is 7.99. The summed E-state index contributed by atoms with van der Waals surface area (Å²) in [5, 5.41) is 7.58. The number of carbonyl (C=O) groups is 1.